The van der Waals surface area contributed by atoms with E-state index in [1.54, 1.807) is 36.4 Å². The van der Waals surface area contributed by atoms with Crippen LogP contribution >= 0.6 is 0 Å². The number of halogens is 1. The normalized spacial score (nSPS) is 14.0. The third-order valence-electron chi connectivity index (χ3n) is 5.41. The highest BCUT2D eigenvalue weighted by molar-refractivity contribution is 7.92. The molecule has 4 rings (SSSR count). The van der Waals surface area contributed by atoms with Crippen LogP contribution in [0.1, 0.15) is 43.0 Å². The maximum absolute atomic E-state index is 13.5. The highest BCUT2D eigenvalue weighted by Gasteiger charge is 2.19. The first-order chi connectivity index (χ1) is 14.6. The molecule has 4 nitrogen and oxygen atoms in total. The number of hydrogen-bond donors (Lipinski definition) is 1. The van der Waals surface area contributed by atoms with Gasteiger partial charge in [0.25, 0.3) is 10.0 Å². The van der Waals surface area contributed by atoms with Crippen LogP contribution in [0.15, 0.2) is 76.6 Å². The number of rotatable bonds is 4. The monoisotopic (exact) mass is 436 g/mol. The summed E-state index contributed by atoms with van der Waals surface area (Å²) in [7, 11) is -3.69. The van der Waals surface area contributed by atoms with Crippen LogP contribution in [0.3, 0.4) is 0 Å². The summed E-state index contributed by atoms with van der Waals surface area (Å²) in [6.07, 6.45) is 0.711. The minimum Gasteiger partial charge on any atom is -0.284 e. The first kappa shape index (κ1) is 21.2. The molecular formula is C25H25FN2O2S. The van der Waals surface area contributed by atoms with Gasteiger partial charge in [0, 0.05) is 23.4 Å². The van der Waals surface area contributed by atoms with Gasteiger partial charge in [0.05, 0.1) is 10.6 Å². The predicted molar refractivity (Wildman–Crippen MR) is 123 cm³/mol. The lowest BCUT2D eigenvalue weighted by Gasteiger charge is -2.19. The van der Waals surface area contributed by atoms with Crippen LogP contribution in [0.25, 0.3) is 0 Å². The third kappa shape index (κ3) is 4.54. The van der Waals surface area contributed by atoms with Gasteiger partial charge in [-0.15, -0.1) is 0 Å². The molecule has 1 aliphatic heterocycles. The summed E-state index contributed by atoms with van der Waals surface area (Å²) in [6, 6.07) is 18.8. The summed E-state index contributed by atoms with van der Waals surface area (Å²) in [5.74, 6) is -0.250. The second kappa shape index (κ2) is 7.93. The highest BCUT2D eigenvalue weighted by Crippen LogP contribution is 2.26. The third-order valence-corrected chi connectivity index (χ3v) is 6.81. The zero-order valence-corrected chi connectivity index (χ0v) is 18.6. The fraction of sp³-hybridized carbons (Fsp3) is 0.240. The maximum Gasteiger partial charge on any atom is 0.261 e. The molecule has 0 aromatic heterocycles. The fourth-order valence-electron chi connectivity index (χ4n) is 3.66. The van der Waals surface area contributed by atoms with E-state index in [2.05, 4.69) is 30.5 Å². The molecule has 3 aromatic carbocycles. The molecule has 1 heterocycles. The van der Waals surface area contributed by atoms with E-state index in [4.69, 9.17) is 0 Å². The quantitative estimate of drug-likeness (QED) is 0.602. The van der Waals surface area contributed by atoms with Crippen molar-refractivity contribution < 1.29 is 12.8 Å². The number of benzene rings is 3. The second-order valence-corrected chi connectivity index (χ2v) is 10.4. The van der Waals surface area contributed by atoms with Crippen molar-refractivity contribution in [3.05, 3.63) is 94.8 Å². The van der Waals surface area contributed by atoms with Gasteiger partial charge in [0.15, 0.2) is 0 Å². The average Bonchev–Trinajstić information content (AvgIpc) is 2.73. The molecule has 6 heteroatoms. The van der Waals surface area contributed by atoms with Gasteiger partial charge in [0.1, 0.15) is 5.82 Å². The Morgan fingerprint density at radius 3 is 2.26 bits per heavy atom. The van der Waals surface area contributed by atoms with E-state index in [-0.39, 0.29) is 16.1 Å². The van der Waals surface area contributed by atoms with E-state index < -0.39 is 10.0 Å². The molecule has 160 valence electrons. The summed E-state index contributed by atoms with van der Waals surface area (Å²) < 4.78 is 41.7. The van der Waals surface area contributed by atoms with Crippen LogP contribution in [-0.4, -0.2) is 20.7 Å². The van der Waals surface area contributed by atoms with E-state index in [9.17, 15) is 12.8 Å². The Balaban J connectivity index is 1.55. The largest absolute Gasteiger partial charge is 0.284 e. The minimum absolute atomic E-state index is 0.0439. The summed E-state index contributed by atoms with van der Waals surface area (Å²) in [4.78, 5) is 4.83. The zero-order chi connectivity index (χ0) is 22.2. The van der Waals surface area contributed by atoms with Gasteiger partial charge >= 0.3 is 0 Å². The Kier molecular flexibility index (Phi) is 5.43. The molecular weight excluding hydrogens is 411 g/mol. The molecule has 0 radical (unpaired) electrons. The molecule has 0 unspecified atom stereocenters. The number of sulfonamides is 1. The Morgan fingerprint density at radius 1 is 0.935 bits per heavy atom. The van der Waals surface area contributed by atoms with Crippen molar-refractivity contribution in [3.8, 4) is 0 Å². The topological polar surface area (TPSA) is 58.5 Å². The van der Waals surface area contributed by atoms with Crippen molar-refractivity contribution >= 4 is 21.4 Å². The van der Waals surface area contributed by atoms with Gasteiger partial charge in [-0.1, -0.05) is 45.0 Å². The number of fused-ring (bicyclic) bond motifs is 1. The number of hydrogen-bond acceptors (Lipinski definition) is 3. The fourth-order valence-corrected chi connectivity index (χ4v) is 4.72. The smallest absolute Gasteiger partial charge is 0.261 e. The summed E-state index contributed by atoms with van der Waals surface area (Å²) in [5.41, 5.74) is 5.02. The average molecular weight is 437 g/mol. The van der Waals surface area contributed by atoms with Crippen LogP contribution in [0.2, 0.25) is 0 Å². The number of aliphatic imine (C=N–C) groups is 1. The molecule has 3 aromatic rings. The van der Waals surface area contributed by atoms with Gasteiger partial charge in [-0.25, -0.2) is 12.8 Å². The number of nitrogens with one attached hydrogen (secondary N) is 1. The van der Waals surface area contributed by atoms with Gasteiger partial charge in [-0.2, -0.15) is 0 Å². The lowest BCUT2D eigenvalue weighted by molar-refractivity contribution is 0.587. The SMILES string of the molecule is CC(C)(C)c1ccc(S(=O)(=O)Nc2ccc(C3=NCCc4cc(F)ccc43)cc2)cc1. The lowest BCUT2D eigenvalue weighted by atomic mass is 9.87. The molecule has 0 amide bonds. The molecule has 31 heavy (non-hydrogen) atoms. The molecule has 0 saturated heterocycles. The summed E-state index contributed by atoms with van der Waals surface area (Å²) in [5, 5.41) is 0. The highest BCUT2D eigenvalue weighted by atomic mass is 32.2. The molecule has 0 saturated carbocycles. The standard InChI is InChI=1S/C25H25FN2O2S/c1-25(2,3)19-6-11-22(12-7-19)31(29,30)28-21-9-4-17(5-10-21)24-23-13-8-20(26)16-18(23)14-15-27-24/h4-13,16,28H,14-15H2,1-3H3. The number of anilines is 1. The first-order valence-electron chi connectivity index (χ1n) is 10.2. The van der Waals surface area contributed by atoms with Crippen LogP contribution in [-0.2, 0) is 21.9 Å². The first-order valence-corrected chi connectivity index (χ1v) is 11.7. The van der Waals surface area contributed by atoms with Crippen molar-refractivity contribution in [1.29, 1.82) is 0 Å². The maximum atomic E-state index is 13.5. The molecule has 0 bridgehead atoms. The molecule has 1 aliphatic rings. The van der Waals surface area contributed by atoms with Gasteiger partial charge in [0.2, 0.25) is 0 Å². The van der Waals surface area contributed by atoms with Crippen molar-refractivity contribution in [1.82, 2.24) is 0 Å². The van der Waals surface area contributed by atoms with E-state index in [1.807, 2.05) is 24.3 Å². The number of nitrogens with zero attached hydrogens (tertiary/aromatic N) is 1. The van der Waals surface area contributed by atoms with E-state index in [0.29, 0.717) is 18.7 Å². The molecule has 0 spiro atoms. The van der Waals surface area contributed by atoms with Crippen molar-refractivity contribution in [2.24, 2.45) is 4.99 Å². The predicted octanol–water partition coefficient (Wildman–Crippen LogP) is 5.32. The summed E-state index contributed by atoms with van der Waals surface area (Å²) >= 11 is 0. The van der Waals surface area contributed by atoms with Gasteiger partial charge in [-0.3, -0.25) is 9.71 Å². The molecule has 0 aliphatic carbocycles. The van der Waals surface area contributed by atoms with E-state index in [0.717, 1.165) is 28.0 Å². The lowest BCUT2D eigenvalue weighted by Crippen LogP contribution is -2.16. The van der Waals surface area contributed by atoms with Gasteiger partial charge in [-0.05, 0) is 65.4 Å². The molecule has 1 N–H and O–H groups in total. The second-order valence-electron chi connectivity index (χ2n) is 8.74. The summed E-state index contributed by atoms with van der Waals surface area (Å²) in [6.45, 7) is 6.86. The van der Waals surface area contributed by atoms with E-state index in [1.165, 1.54) is 6.07 Å². The van der Waals surface area contributed by atoms with Crippen LogP contribution in [0.4, 0.5) is 10.1 Å². The van der Waals surface area contributed by atoms with Gasteiger partial charge < -0.3 is 0 Å². The molecule has 0 atom stereocenters. The van der Waals surface area contributed by atoms with Crippen molar-refractivity contribution in [2.45, 2.75) is 37.5 Å². The zero-order valence-electron chi connectivity index (χ0n) is 17.8. The van der Waals surface area contributed by atoms with Crippen LogP contribution in [0.5, 0.6) is 0 Å². The Hall–Kier alpha value is -2.99. The minimum atomic E-state index is -3.69. The van der Waals surface area contributed by atoms with Crippen LogP contribution < -0.4 is 4.72 Å². The Bertz CT molecular complexity index is 1240. The molecule has 0 fully saturated rings. The van der Waals surface area contributed by atoms with Crippen molar-refractivity contribution in [3.63, 3.8) is 0 Å². The van der Waals surface area contributed by atoms with Crippen LogP contribution in [0, 0.1) is 5.82 Å². The Morgan fingerprint density at radius 2 is 1.61 bits per heavy atom. The van der Waals surface area contributed by atoms with E-state index >= 15 is 0 Å². The Labute approximate surface area is 182 Å². The van der Waals surface area contributed by atoms with Crippen molar-refractivity contribution in [2.75, 3.05) is 11.3 Å².